The standard InChI is InChI=1S/C16H27N3O/c1-5-16(20,6-2)11-18-15(17)19-14-9-7-8-13(10-14)12(3)4/h7-10,12,20H,5-6,11H2,1-4H3,(H3,17,18,19). The molecule has 20 heavy (non-hydrogen) atoms. The van der Waals surface area contributed by atoms with Gasteiger partial charge in [0.25, 0.3) is 0 Å². The van der Waals surface area contributed by atoms with Crippen molar-refractivity contribution in [1.29, 1.82) is 0 Å². The number of hydrogen-bond donors (Lipinski definition) is 3. The minimum absolute atomic E-state index is 0.322. The molecule has 112 valence electrons. The Hall–Kier alpha value is -1.55. The van der Waals surface area contributed by atoms with Crippen LogP contribution < -0.4 is 11.1 Å². The largest absolute Gasteiger partial charge is 0.388 e. The molecule has 0 radical (unpaired) electrons. The number of nitrogens with zero attached hydrogens (tertiary/aromatic N) is 1. The summed E-state index contributed by atoms with van der Waals surface area (Å²) >= 11 is 0. The molecule has 1 aromatic rings. The average Bonchev–Trinajstić information content (AvgIpc) is 2.45. The van der Waals surface area contributed by atoms with Gasteiger partial charge in [-0.05, 0) is 36.5 Å². The summed E-state index contributed by atoms with van der Waals surface area (Å²) in [4.78, 5) is 4.24. The van der Waals surface area contributed by atoms with E-state index in [0.29, 0.717) is 31.3 Å². The summed E-state index contributed by atoms with van der Waals surface area (Å²) in [6, 6.07) is 8.12. The zero-order valence-corrected chi connectivity index (χ0v) is 13.0. The molecule has 0 aliphatic rings. The van der Waals surface area contributed by atoms with E-state index in [1.165, 1.54) is 5.56 Å². The third kappa shape index (κ3) is 4.85. The van der Waals surface area contributed by atoms with Gasteiger partial charge in [-0.1, -0.05) is 39.8 Å². The van der Waals surface area contributed by atoms with Gasteiger partial charge in [-0.25, -0.2) is 0 Å². The molecule has 0 aromatic heterocycles. The van der Waals surface area contributed by atoms with E-state index in [1.807, 2.05) is 26.0 Å². The highest BCUT2D eigenvalue weighted by Crippen LogP contribution is 2.18. The Balaban J connectivity index is 2.70. The first-order chi connectivity index (χ1) is 9.40. The number of nitrogens with one attached hydrogen (secondary N) is 1. The van der Waals surface area contributed by atoms with Crippen LogP contribution in [0.15, 0.2) is 29.3 Å². The Bertz CT molecular complexity index is 451. The van der Waals surface area contributed by atoms with E-state index < -0.39 is 5.60 Å². The van der Waals surface area contributed by atoms with Gasteiger partial charge in [-0.2, -0.15) is 0 Å². The number of benzene rings is 1. The second-order valence-electron chi connectivity index (χ2n) is 5.54. The number of aliphatic imine (C=N–C) groups is 1. The number of guanidine groups is 1. The van der Waals surface area contributed by atoms with Crippen molar-refractivity contribution in [2.45, 2.75) is 52.1 Å². The van der Waals surface area contributed by atoms with Crippen molar-refractivity contribution in [3.8, 4) is 0 Å². The van der Waals surface area contributed by atoms with E-state index in [-0.39, 0.29) is 0 Å². The van der Waals surface area contributed by atoms with E-state index in [1.54, 1.807) is 0 Å². The van der Waals surface area contributed by atoms with Crippen LogP contribution in [0.25, 0.3) is 0 Å². The highest BCUT2D eigenvalue weighted by atomic mass is 16.3. The first-order valence-corrected chi connectivity index (χ1v) is 7.29. The van der Waals surface area contributed by atoms with Gasteiger partial charge in [0.05, 0.1) is 12.1 Å². The number of rotatable bonds is 6. The highest BCUT2D eigenvalue weighted by Gasteiger charge is 2.21. The molecule has 0 atom stereocenters. The summed E-state index contributed by atoms with van der Waals surface area (Å²) in [5.41, 5.74) is 7.29. The molecule has 4 N–H and O–H groups in total. The number of hydrogen-bond acceptors (Lipinski definition) is 2. The molecule has 1 rings (SSSR count). The smallest absolute Gasteiger partial charge is 0.193 e. The minimum atomic E-state index is -0.758. The van der Waals surface area contributed by atoms with Crippen molar-refractivity contribution in [1.82, 2.24) is 0 Å². The molecular weight excluding hydrogens is 250 g/mol. The van der Waals surface area contributed by atoms with E-state index >= 15 is 0 Å². The molecular formula is C16H27N3O. The van der Waals surface area contributed by atoms with Crippen LogP contribution in [0.5, 0.6) is 0 Å². The molecule has 0 heterocycles. The van der Waals surface area contributed by atoms with E-state index in [2.05, 4.69) is 36.3 Å². The second kappa shape index (κ2) is 7.29. The number of aliphatic hydroxyl groups is 1. The molecule has 0 spiro atoms. The lowest BCUT2D eigenvalue weighted by atomic mass is 9.98. The van der Waals surface area contributed by atoms with Gasteiger partial charge in [-0.15, -0.1) is 0 Å². The second-order valence-corrected chi connectivity index (χ2v) is 5.54. The molecule has 0 saturated heterocycles. The summed E-state index contributed by atoms with van der Waals surface area (Å²) in [7, 11) is 0. The van der Waals surface area contributed by atoms with Crippen molar-refractivity contribution in [3.63, 3.8) is 0 Å². The van der Waals surface area contributed by atoms with Gasteiger partial charge in [0.15, 0.2) is 5.96 Å². The van der Waals surface area contributed by atoms with E-state index in [9.17, 15) is 5.11 Å². The lowest BCUT2D eigenvalue weighted by Crippen LogP contribution is -2.33. The van der Waals surface area contributed by atoms with Gasteiger partial charge < -0.3 is 16.2 Å². The highest BCUT2D eigenvalue weighted by molar-refractivity contribution is 5.92. The van der Waals surface area contributed by atoms with Crippen molar-refractivity contribution in [2.24, 2.45) is 10.7 Å². The van der Waals surface area contributed by atoms with Crippen LogP contribution in [0.1, 0.15) is 52.0 Å². The lowest BCUT2D eigenvalue weighted by molar-refractivity contribution is 0.0419. The third-order valence-corrected chi connectivity index (χ3v) is 3.69. The van der Waals surface area contributed by atoms with Crippen LogP contribution in [0, 0.1) is 0 Å². The van der Waals surface area contributed by atoms with Crippen molar-refractivity contribution in [3.05, 3.63) is 29.8 Å². The molecule has 4 heteroatoms. The molecule has 4 nitrogen and oxygen atoms in total. The molecule has 0 fully saturated rings. The van der Waals surface area contributed by atoms with Gasteiger partial charge >= 0.3 is 0 Å². The maximum absolute atomic E-state index is 10.2. The van der Waals surface area contributed by atoms with Gasteiger partial charge in [-0.3, -0.25) is 4.99 Å². The molecule has 0 saturated carbocycles. The Kier molecular flexibility index (Phi) is 6.02. The summed E-state index contributed by atoms with van der Waals surface area (Å²) in [5.74, 6) is 0.811. The number of nitrogens with two attached hydrogens (primary N) is 1. The Morgan fingerprint density at radius 3 is 2.55 bits per heavy atom. The predicted molar refractivity (Wildman–Crippen MR) is 86.2 cm³/mol. The van der Waals surface area contributed by atoms with Crippen LogP contribution >= 0.6 is 0 Å². The Morgan fingerprint density at radius 2 is 2.00 bits per heavy atom. The first-order valence-electron chi connectivity index (χ1n) is 7.29. The Labute approximate surface area is 122 Å². The summed E-state index contributed by atoms with van der Waals surface area (Å²) < 4.78 is 0. The molecule has 1 aromatic carbocycles. The van der Waals surface area contributed by atoms with Crippen molar-refractivity contribution >= 4 is 11.6 Å². The topological polar surface area (TPSA) is 70.6 Å². The van der Waals surface area contributed by atoms with Crippen molar-refractivity contribution < 1.29 is 5.11 Å². The normalized spacial score (nSPS) is 12.8. The number of anilines is 1. The maximum atomic E-state index is 10.2. The predicted octanol–water partition coefficient (Wildman–Crippen LogP) is 3.09. The van der Waals surface area contributed by atoms with Crippen LogP contribution in [0.2, 0.25) is 0 Å². The lowest BCUT2D eigenvalue weighted by Gasteiger charge is -2.22. The average molecular weight is 277 g/mol. The fourth-order valence-corrected chi connectivity index (χ4v) is 1.87. The summed E-state index contributed by atoms with van der Waals surface area (Å²) in [6.45, 7) is 8.53. The molecule has 0 aliphatic carbocycles. The molecule has 0 bridgehead atoms. The van der Waals surface area contributed by atoms with E-state index in [4.69, 9.17) is 5.73 Å². The van der Waals surface area contributed by atoms with Gasteiger partial charge in [0.1, 0.15) is 0 Å². The monoisotopic (exact) mass is 277 g/mol. The van der Waals surface area contributed by atoms with Crippen LogP contribution in [0.3, 0.4) is 0 Å². The maximum Gasteiger partial charge on any atom is 0.193 e. The fraction of sp³-hybridized carbons (Fsp3) is 0.562. The van der Waals surface area contributed by atoms with Gasteiger partial charge in [0.2, 0.25) is 0 Å². The molecule has 0 unspecified atom stereocenters. The third-order valence-electron chi connectivity index (χ3n) is 3.69. The van der Waals surface area contributed by atoms with Crippen LogP contribution in [-0.2, 0) is 0 Å². The molecule has 0 amide bonds. The van der Waals surface area contributed by atoms with Crippen LogP contribution in [0.4, 0.5) is 5.69 Å². The van der Waals surface area contributed by atoms with Gasteiger partial charge in [0, 0.05) is 5.69 Å². The molecule has 0 aliphatic heterocycles. The minimum Gasteiger partial charge on any atom is -0.388 e. The summed E-state index contributed by atoms with van der Waals surface area (Å²) in [6.07, 6.45) is 1.34. The first kappa shape index (κ1) is 16.5. The fourth-order valence-electron chi connectivity index (χ4n) is 1.87. The SMILES string of the molecule is CCC(O)(CC)CN=C(N)Nc1cccc(C(C)C)c1. The van der Waals surface area contributed by atoms with Crippen LogP contribution in [-0.4, -0.2) is 23.2 Å². The summed E-state index contributed by atoms with van der Waals surface area (Å²) in [5, 5.41) is 13.2. The van der Waals surface area contributed by atoms with Crippen molar-refractivity contribution in [2.75, 3.05) is 11.9 Å². The quantitative estimate of drug-likeness (QED) is 0.553. The zero-order chi connectivity index (χ0) is 15.2. The Morgan fingerprint density at radius 1 is 1.35 bits per heavy atom. The van der Waals surface area contributed by atoms with E-state index in [0.717, 1.165) is 5.69 Å². The zero-order valence-electron chi connectivity index (χ0n) is 13.0.